The number of hydrogen-bond donors (Lipinski definition) is 3. The van der Waals surface area contributed by atoms with Crippen LogP contribution in [0.4, 0.5) is 11.5 Å². The van der Waals surface area contributed by atoms with Crippen molar-refractivity contribution >= 4 is 45.2 Å². The SMILES string of the molecule is C=C(CN1Cc2c(-c3ccc4[nH]nc(-c5cccs5)c4c3)ccc(N)c2C1=O)c1ccnc(N)c1. The van der Waals surface area contributed by atoms with E-state index in [1.807, 2.05) is 35.7 Å². The van der Waals surface area contributed by atoms with E-state index in [1.54, 1.807) is 28.5 Å². The molecule has 0 aliphatic carbocycles. The highest BCUT2D eigenvalue weighted by Gasteiger charge is 2.32. The number of rotatable bonds is 5. The first-order valence-electron chi connectivity index (χ1n) is 11.1. The van der Waals surface area contributed by atoms with Crippen molar-refractivity contribution in [3.63, 3.8) is 0 Å². The Bertz CT molecular complexity index is 1620. The molecule has 0 radical (unpaired) electrons. The summed E-state index contributed by atoms with van der Waals surface area (Å²) in [6.45, 7) is 5.00. The summed E-state index contributed by atoms with van der Waals surface area (Å²) < 4.78 is 0. The van der Waals surface area contributed by atoms with Gasteiger partial charge in [-0.25, -0.2) is 4.98 Å². The molecule has 0 unspecified atom stereocenters. The lowest BCUT2D eigenvalue weighted by Crippen LogP contribution is -2.26. The number of nitrogens with zero attached hydrogens (tertiary/aromatic N) is 3. The molecular weight excluding hydrogens is 456 g/mol. The summed E-state index contributed by atoms with van der Waals surface area (Å²) in [5.74, 6) is 0.328. The third-order valence-corrected chi connectivity index (χ3v) is 7.27. The normalized spacial score (nSPS) is 12.9. The molecule has 7 nitrogen and oxygen atoms in total. The molecule has 4 heterocycles. The number of H-pyrrole nitrogens is 1. The number of thiophene rings is 1. The minimum Gasteiger partial charge on any atom is -0.398 e. The maximum absolute atomic E-state index is 13.4. The molecule has 0 saturated carbocycles. The van der Waals surface area contributed by atoms with E-state index in [4.69, 9.17) is 11.5 Å². The van der Waals surface area contributed by atoms with Crippen LogP contribution in [0.25, 0.3) is 38.2 Å². The standard InChI is InChI=1S/C27H22N6OS/c1-15(16-8-9-30-24(29)12-16)13-33-14-20-18(5-6-21(28)25(20)27(33)34)17-4-7-22-19(11-17)26(32-31-22)23-3-2-10-35-23/h2-12H,1,13-14,28H2,(H2,29,30)(H,31,32). The number of nitrogens with one attached hydrogen (secondary N) is 1. The second-order valence-corrected chi connectivity index (χ2v) is 9.55. The molecule has 172 valence electrons. The molecule has 3 aromatic heterocycles. The first-order valence-corrected chi connectivity index (χ1v) is 12.0. The molecule has 0 atom stereocenters. The van der Waals surface area contributed by atoms with Crippen molar-refractivity contribution in [2.75, 3.05) is 18.0 Å². The summed E-state index contributed by atoms with van der Waals surface area (Å²) in [5, 5.41) is 10.7. The Hall–Kier alpha value is -4.43. The predicted octanol–water partition coefficient (Wildman–Crippen LogP) is 5.19. The average molecular weight is 479 g/mol. The van der Waals surface area contributed by atoms with Gasteiger partial charge in [-0.05, 0) is 69.6 Å². The molecule has 2 aromatic carbocycles. The second-order valence-electron chi connectivity index (χ2n) is 8.60. The smallest absolute Gasteiger partial charge is 0.256 e. The van der Waals surface area contributed by atoms with Gasteiger partial charge >= 0.3 is 0 Å². The lowest BCUT2D eigenvalue weighted by Gasteiger charge is -2.18. The highest BCUT2D eigenvalue weighted by atomic mass is 32.1. The third-order valence-electron chi connectivity index (χ3n) is 6.39. The van der Waals surface area contributed by atoms with Gasteiger partial charge in [0.15, 0.2) is 0 Å². The Morgan fingerprint density at radius 1 is 1.14 bits per heavy atom. The minimum atomic E-state index is -0.0915. The molecule has 5 aromatic rings. The van der Waals surface area contributed by atoms with Crippen LogP contribution in [0.15, 0.2) is 72.8 Å². The average Bonchev–Trinajstić information content (AvgIpc) is 3.59. The van der Waals surface area contributed by atoms with Crippen molar-refractivity contribution in [3.05, 3.63) is 89.4 Å². The van der Waals surface area contributed by atoms with Gasteiger partial charge in [-0.15, -0.1) is 11.3 Å². The van der Waals surface area contributed by atoms with E-state index in [1.165, 1.54) is 0 Å². The van der Waals surface area contributed by atoms with Gasteiger partial charge < -0.3 is 16.4 Å². The van der Waals surface area contributed by atoms with Crippen LogP contribution in [0.3, 0.4) is 0 Å². The number of nitrogens with two attached hydrogens (primary N) is 2. The molecule has 1 aliphatic heterocycles. The molecule has 1 amide bonds. The van der Waals surface area contributed by atoms with Gasteiger partial charge in [-0.2, -0.15) is 5.10 Å². The van der Waals surface area contributed by atoms with Gasteiger partial charge in [-0.3, -0.25) is 9.89 Å². The van der Waals surface area contributed by atoms with E-state index in [0.717, 1.165) is 49.3 Å². The Labute approximate surface area is 205 Å². The summed E-state index contributed by atoms with van der Waals surface area (Å²) in [5.41, 5.74) is 19.6. The van der Waals surface area contributed by atoms with E-state index in [2.05, 4.69) is 40.0 Å². The predicted molar refractivity (Wildman–Crippen MR) is 142 cm³/mol. The zero-order chi connectivity index (χ0) is 24.1. The number of aromatic nitrogens is 3. The zero-order valence-electron chi connectivity index (χ0n) is 18.8. The Morgan fingerprint density at radius 3 is 2.83 bits per heavy atom. The topological polar surface area (TPSA) is 114 Å². The van der Waals surface area contributed by atoms with Crippen molar-refractivity contribution in [1.29, 1.82) is 0 Å². The number of amides is 1. The molecule has 0 bridgehead atoms. The highest BCUT2D eigenvalue weighted by molar-refractivity contribution is 7.13. The number of fused-ring (bicyclic) bond motifs is 2. The van der Waals surface area contributed by atoms with Gasteiger partial charge in [0, 0.05) is 30.4 Å². The lowest BCUT2D eigenvalue weighted by atomic mass is 9.94. The van der Waals surface area contributed by atoms with E-state index in [0.29, 0.717) is 30.2 Å². The van der Waals surface area contributed by atoms with Gasteiger partial charge in [0.25, 0.3) is 5.91 Å². The van der Waals surface area contributed by atoms with Crippen molar-refractivity contribution in [2.24, 2.45) is 0 Å². The number of nitrogen functional groups attached to an aromatic ring is 2. The van der Waals surface area contributed by atoms with Gasteiger partial charge in [0.05, 0.1) is 16.0 Å². The fourth-order valence-corrected chi connectivity index (χ4v) is 5.40. The van der Waals surface area contributed by atoms with Crippen molar-refractivity contribution in [2.45, 2.75) is 6.54 Å². The van der Waals surface area contributed by atoms with Crippen LogP contribution in [-0.2, 0) is 6.54 Å². The Kier molecular flexibility index (Phi) is 4.89. The van der Waals surface area contributed by atoms with Crippen molar-refractivity contribution in [3.8, 4) is 21.7 Å². The van der Waals surface area contributed by atoms with Crippen LogP contribution in [0.1, 0.15) is 21.5 Å². The van der Waals surface area contributed by atoms with Crippen LogP contribution in [-0.4, -0.2) is 32.5 Å². The van der Waals surface area contributed by atoms with Crippen LogP contribution in [0.5, 0.6) is 0 Å². The van der Waals surface area contributed by atoms with Crippen LogP contribution in [0, 0.1) is 0 Å². The summed E-state index contributed by atoms with van der Waals surface area (Å²) >= 11 is 1.65. The van der Waals surface area contributed by atoms with Crippen molar-refractivity contribution in [1.82, 2.24) is 20.1 Å². The fourth-order valence-electron chi connectivity index (χ4n) is 4.67. The first-order chi connectivity index (χ1) is 17.0. The van der Waals surface area contributed by atoms with Gasteiger partial charge in [0.2, 0.25) is 0 Å². The second kappa shape index (κ2) is 8.11. The number of carbonyl (C=O) groups excluding carboxylic acids is 1. The Balaban J connectivity index is 1.37. The highest BCUT2D eigenvalue weighted by Crippen LogP contribution is 2.39. The first kappa shape index (κ1) is 21.1. The number of benzene rings is 2. The Morgan fingerprint density at radius 2 is 2.03 bits per heavy atom. The summed E-state index contributed by atoms with van der Waals surface area (Å²) in [6.07, 6.45) is 1.64. The van der Waals surface area contributed by atoms with Crippen LogP contribution < -0.4 is 11.5 Å². The maximum atomic E-state index is 13.4. The quantitative estimate of drug-likeness (QED) is 0.301. The largest absolute Gasteiger partial charge is 0.398 e. The van der Waals surface area contributed by atoms with Gasteiger partial charge in [0.1, 0.15) is 11.5 Å². The molecule has 0 saturated heterocycles. The number of pyridine rings is 1. The molecule has 6 rings (SSSR count). The third kappa shape index (κ3) is 3.55. The van der Waals surface area contributed by atoms with E-state index >= 15 is 0 Å². The molecule has 1 aliphatic rings. The minimum absolute atomic E-state index is 0.0915. The van der Waals surface area contributed by atoms with Crippen LogP contribution in [0.2, 0.25) is 0 Å². The van der Waals surface area contributed by atoms with E-state index in [9.17, 15) is 4.79 Å². The summed E-state index contributed by atoms with van der Waals surface area (Å²) in [7, 11) is 0. The number of aromatic amines is 1. The van der Waals surface area contributed by atoms with E-state index < -0.39 is 0 Å². The monoisotopic (exact) mass is 478 g/mol. The fraction of sp³-hybridized carbons (Fsp3) is 0.0741. The molecule has 35 heavy (non-hydrogen) atoms. The van der Waals surface area contributed by atoms with Gasteiger partial charge in [-0.1, -0.05) is 24.8 Å². The number of carbonyl (C=O) groups is 1. The van der Waals surface area contributed by atoms with Crippen LogP contribution >= 0.6 is 11.3 Å². The summed E-state index contributed by atoms with van der Waals surface area (Å²) in [6, 6.07) is 17.7. The molecular formula is C27H22N6OS. The molecule has 0 fully saturated rings. The molecule has 0 spiro atoms. The number of anilines is 2. The van der Waals surface area contributed by atoms with E-state index in [-0.39, 0.29) is 5.91 Å². The molecule has 5 N–H and O–H groups in total. The lowest BCUT2D eigenvalue weighted by molar-refractivity contribution is 0.0800. The summed E-state index contributed by atoms with van der Waals surface area (Å²) in [4.78, 5) is 20.3. The molecule has 8 heteroatoms. The zero-order valence-corrected chi connectivity index (χ0v) is 19.6. The van der Waals surface area contributed by atoms with Crippen molar-refractivity contribution < 1.29 is 4.79 Å². The number of hydrogen-bond acceptors (Lipinski definition) is 6. The maximum Gasteiger partial charge on any atom is 0.256 e.